The maximum absolute atomic E-state index is 11.5. The van der Waals surface area contributed by atoms with E-state index in [1.165, 1.54) is 0 Å². The van der Waals surface area contributed by atoms with Crippen LogP contribution >= 0.6 is 11.8 Å². The molecular formula is C15H19N3OS. The maximum Gasteiger partial charge on any atom is 0.219 e. The van der Waals surface area contributed by atoms with Gasteiger partial charge in [0.15, 0.2) is 0 Å². The molecule has 4 nitrogen and oxygen atoms in total. The quantitative estimate of drug-likeness (QED) is 0.784. The number of carbonyl (C=O) groups is 1. The lowest BCUT2D eigenvalue weighted by Crippen LogP contribution is -2.33. The van der Waals surface area contributed by atoms with Crippen molar-refractivity contribution >= 4 is 23.4 Å². The molecule has 0 aromatic heterocycles. The molecule has 0 radical (unpaired) electrons. The molecule has 1 aromatic rings. The molecule has 0 unspecified atom stereocenters. The average Bonchev–Trinajstić information content (AvgIpc) is 2.72. The van der Waals surface area contributed by atoms with Crippen molar-refractivity contribution in [2.45, 2.75) is 18.2 Å². The van der Waals surface area contributed by atoms with Gasteiger partial charge in [-0.25, -0.2) is 0 Å². The second kappa shape index (κ2) is 6.67. The summed E-state index contributed by atoms with van der Waals surface area (Å²) in [7, 11) is 0. The first-order chi connectivity index (χ1) is 9.67. The van der Waals surface area contributed by atoms with Crippen LogP contribution in [0.1, 0.15) is 18.9 Å². The molecule has 1 amide bonds. The van der Waals surface area contributed by atoms with Gasteiger partial charge in [0.2, 0.25) is 5.91 Å². The minimum absolute atomic E-state index is 0.130. The van der Waals surface area contributed by atoms with Crippen LogP contribution in [-0.2, 0) is 4.79 Å². The molecule has 0 saturated carbocycles. The molecule has 2 rings (SSSR count). The SMILES string of the molecule is CSc1cccc(N2CCCN(C(C)=O)CC2)c1C#N. The lowest BCUT2D eigenvalue weighted by Gasteiger charge is -2.25. The number of rotatable bonds is 2. The van der Waals surface area contributed by atoms with Gasteiger partial charge >= 0.3 is 0 Å². The van der Waals surface area contributed by atoms with Crippen LogP contribution in [-0.4, -0.2) is 43.2 Å². The van der Waals surface area contributed by atoms with E-state index in [2.05, 4.69) is 11.0 Å². The fourth-order valence-electron chi connectivity index (χ4n) is 2.54. The third-order valence-corrected chi connectivity index (χ3v) is 4.40. The Labute approximate surface area is 124 Å². The summed E-state index contributed by atoms with van der Waals surface area (Å²) >= 11 is 1.60. The van der Waals surface area contributed by atoms with Gasteiger partial charge < -0.3 is 9.80 Å². The second-order valence-corrected chi connectivity index (χ2v) is 5.66. The number of benzene rings is 1. The molecule has 0 N–H and O–H groups in total. The first-order valence-electron chi connectivity index (χ1n) is 6.75. The van der Waals surface area contributed by atoms with Crippen LogP contribution in [0, 0.1) is 11.3 Å². The van der Waals surface area contributed by atoms with Gasteiger partial charge in [0.05, 0.1) is 11.3 Å². The molecule has 1 aliphatic heterocycles. The molecule has 0 aliphatic carbocycles. The van der Waals surface area contributed by atoms with E-state index in [4.69, 9.17) is 0 Å². The minimum atomic E-state index is 0.130. The third kappa shape index (κ3) is 3.07. The molecule has 1 heterocycles. The van der Waals surface area contributed by atoms with Crippen molar-refractivity contribution < 1.29 is 4.79 Å². The fourth-order valence-corrected chi connectivity index (χ4v) is 3.11. The van der Waals surface area contributed by atoms with E-state index in [1.807, 2.05) is 29.4 Å². The van der Waals surface area contributed by atoms with E-state index in [-0.39, 0.29) is 5.91 Å². The molecule has 0 atom stereocenters. The lowest BCUT2D eigenvalue weighted by molar-refractivity contribution is -0.128. The number of nitrogens with zero attached hydrogens (tertiary/aromatic N) is 3. The van der Waals surface area contributed by atoms with E-state index in [0.29, 0.717) is 0 Å². The Morgan fingerprint density at radius 1 is 1.30 bits per heavy atom. The number of carbonyl (C=O) groups excluding carboxylic acids is 1. The van der Waals surface area contributed by atoms with Crippen LogP contribution in [0.4, 0.5) is 5.69 Å². The summed E-state index contributed by atoms with van der Waals surface area (Å²) in [5.74, 6) is 0.130. The van der Waals surface area contributed by atoms with Crippen molar-refractivity contribution in [1.82, 2.24) is 4.90 Å². The Balaban J connectivity index is 2.24. The zero-order valence-electron chi connectivity index (χ0n) is 11.9. The van der Waals surface area contributed by atoms with Crippen LogP contribution in [0.5, 0.6) is 0 Å². The second-order valence-electron chi connectivity index (χ2n) is 4.81. The number of thioether (sulfide) groups is 1. The van der Waals surface area contributed by atoms with Crippen molar-refractivity contribution in [2.24, 2.45) is 0 Å². The van der Waals surface area contributed by atoms with E-state index in [9.17, 15) is 10.1 Å². The van der Waals surface area contributed by atoms with E-state index in [0.717, 1.165) is 48.7 Å². The van der Waals surface area contributed by atoms with Crippen molar-refractivity contribution in [2.75, 3.05) is 37.3 Å². The van der Waals surface area contributed by atoms with Crippen LogP contribution in [0.25, 0.3) is 0 Å². The zero-order valence-corrected chi connectivity index (χ0v) is 12.7. The van der Waals surface area contributed by atoms with Crippen LogP contribution < -0.4 is 4.90 Å². The van der Waals surface area contributed by atoms with E-state index >= 15 is 0 Å². The normalized spacial score (nSPS) is 15.7. The summed E-state index contributed by atoms with van der Waals surface area (Å²) in [6.07, 6.45) is 2.92. The van der Waals surface area contributed by atoms with Gasteiger partial charge in [-0.3, -0.25) is 4.79 Å². The van der Waals surface area contributed by atoms with Gasteiger partial charge in [0.25, 0.3) is 0 Å². The highest BCUT2D eigenvalue weighted by atomic mass is 32.2. The summed E-state index contributed by atoms with van der Waals surface area (Å²) in [6, 6.07) is 8.30. The highest BCUT2D eigenvalue weighted by molar-refractivity contribution is 7.98. The van der Waals surface area contributed by atoms with Crippen molar-refractivity contribution in [3.05, 3.63) is 23.8 Å². The summed E-state index contributed by atoms with van der Waals surface area (Å²) in [4.78, 5) is 16.6. The lowest BCUT2D eigenvalue weighted by atomic mass is 10.1. The zero-order chi connectivity index (χ0) is 14.5. The minimum Gasteiger partial charge on any atom is -0.369 e. The summed E-state index contributed by atoms with van der Waals surface area (Å²) in [5, 5.41) is 9.42. The predicted octanol–water partition coefficient (Wildman–Crippen LogP) is 2.34. The van der Waals surface area contributed by atoms with Gasteiger partial charge in [-0.05, 0) is 24.8 Å². The standard InChI is InChI=1S/C15H19N3OS/c1-12(19)17-7-4-8-18(10-9-17)14-5-3-6-15(20-2)13(14)11-16/h3,5-6H,4,7-10H2,1-2H3. The summed E-state index contributed by atoms with van der Waals surface area (Å²) in [5.41, 5.74) is 1.74. The van der Waals surface area contributed by atoms with Crippen LogP contribution in [0.3, 0.4) is 0 Å². The number of anilines is 1. The monoisotopic (exact) mass is 289 g/mol. The Morgan fingerprint density at radius 3 is 2.75 bits per heavy atom. The van der Waals surface area contributed by atoms with E-state index < -0.39 is 0 Å². The van der Waals surface area contributed by atoms with Gasteiger partial charge in [-0.1, -0.05) is 6.07 Å². The number of amides is 1. The Kier molecular flexibility index (Phi) is 4.91. The molecule has 5 heteroatoms. The largest absolute Gasteiger partial charge is 0.369 e. The Morgan fingerprint density at radius 2 is 2.10 bits per heavy atom. The maximum atomic E-state index is 11.5. The Hall–Kier alpha value is -1.67. The predicted molar refractivity (Wildman–Crippen MR) is 82.0 cm³/mol. The number of hydrogen-bond donors (Lipinski definition) is 0. The van der Waals surface area contributed by atoms with E-state index in [1.54, 1.807) is 18.7 Å². The first-order valence-corrected chi connectivity index (χ1v) is 7.97. The highest BCUT2D eigenvalue weighted by Crippen LogP contribution is 2.29. The molecule has 1 fully saturated rings. The molecule has 1 aromatic carbocycles. The average molecular weight is 289 g/mol. The first kappa shape index (κ1) is 14.7. The topological polar surface area (TPSA) is 47.3 Å². The molecule has 1 saturated heterocycles. The Bertz CT molecular complexity index is 538. The molecule has 1 aliphatic rings. The molecular weight excluding hydrogens is 270 g/mol. The summed E-state index contributed by atoms with van der Waals surface area (Å²) < 4.78 is 0. The number of nitriles is 1. The third-order valence-electron chi connectivity index (χ3n) is 3.62. The van der Waals surface area contributed by atoms with Crippen molar-refractivity contribution in [3.63, 3.8) is 0 Å². The van der Waals surface area contributed by atoms with Crippen LogP contribution in [0.2, 0.25) is 0 Å². The van der Waals surface area contributed by atoms with Crippen molar-refractivity contribution in [1.29, 1.82) is 5.26 Å². The van der Waals surface area contributed by atoms with Crippen molar-refractivity contribution in [3.8, 4) is 6.07 Å². The molecule has 0 bridgehead atoms. The smallest absolute Gasteiger partial charge is 0.219 e. The highest BCUT2D eigenvalue weighted by Gasteiger charge is 2.19. The van der Waals surface area contributed by atoms with Gasteiger partial charge in [-0.15, -0.1) is 11.8 Å². The van der Waals surface area contributed by atoms with Gasteiger partial charge in [-0.2, -0.15) is 5.26 Å². The molecule has 106 valence electrons. The molecule has 20 heavy (non-hydrogen) atoms. The molecule has 0 spiro atoms. The number of hydrogen-bond acceptors (Lipinski definition) is 4. The van der Waals surface area contributed by atoms with Gasteiger partial charge in [0, 0.05) is 38.0 Å². The van der Waals surface area contributed by atoms with Gasteiger partial charge in [0.1, 0.15) is 6.07 Å². The summed E-state index contributed by atoms with van der Waals surface area (Å²) in [6.45, 7) is 4.81. The van der Waals surface area contributed by atoms with Crippen LogP contribution in [0.15, 0.2) is 23.1 Å². The fraction of sp³-hybridized carbons (Fsp3) is 0.467.